The smallest absolute Gasteiger partial charge is 0.0694 e. The average molecular weight is 339 g/mol. The second-order valence-electron chi connectivity index (χ2n) is 6.74. The summed E-state index contributed by atoms with van der Waals surface area (Å²) in [4.78, 5) is 2.16. The topological polar surface area (TPSA) is 24.5 Å². The Morgan fingerprint density at radius 2 is 2.10 bits per heavy atom. The third kappa shape index (κ3) is 2.13. The largest absolute Gasteiger partial charge is 0.380 e. The van der Waals surface area contributed by atoms with Gasteiger partial charge in [0.25, 0.3) is 0 Å². The third-order valence-corrected chi connectivity index (χ3v) is 5.35. The van der Waals surface area contributed by atoms with Crippen molar-refractivity contribution in [2.75, 3.05) is 30.9 Å². The average Bonchev–Trinajstić information content (AvgIpc) is 2.82. The van der Waals surface area contributed by atoms with Crippen LogP contribution in [0.3, 0.4) is 0 Å². The lowest BCUT2D eigenvalue weighted by Gasteiger charge is -2.55. The Kier molecular flexibility index (Phi) is 3.49. The fourth-order valence-electron chi connectivity index (χ4n) is 3.80. The van der Waals surface area contributed by atoms with Gasteiger partial charge in [0.1, 0.15) is 0 Å². The molecule has 4 heteroatoms. The zero-order chi connectivity index (χ0) is 14.5. The van der Waals surface area contributed by atoms with E-state index in [2.05, 4.69) is 72.3 Å². The number of anilines is 2. The minimum atomic E-state index is 0.201. The van der Waals surface area contributed by atoms with E-state index in [1.165, 1.54) is 17.8 Å². The normalized spacial score (nSPS) is 30.6. The van der Waals surface area contributed by atoms with E-state index in [4.69, 9.17) is 4.74 Å². The molecular formula is C16H23BrN2O. The summed E-state index contributed by atoms with van der Waals surface area (Å²) < 4.78 is 6.99. The number of fused-ring (bicyclic) bond motifs is 1. The summed E-state index contributed by atoms with van der Waals surface area (Å²) in [6.45, 7) is 5.53. The monoisotopic (exact) mass is 338 g/mol. The molecule has 110 valence electrons. The molecule has 0 amide bonds. The highest BCUT2D eigenvalue weighted by Gasteiger charge is 2.59. The highest BCUT2D eigenvalue weighted by atomic mass is 79.9. The van der Waals surface area contributed by atoms with Gasteiger partial charge in [-0.3, -0.25) is 0 Å². The highest BCUT2D eigenvalue weighted by Crippen LogP contribution is 2.53. The van der Waals surface area contributed by atoms with E-state index in [-0.39, 0.29) is 5.41 Å². The van der Waals surface area contributed by atoms with E-state index in [9.17, 15) is 0 Å². The van der Waals surface area contributed by atoms with Crippen LogP contribution in [-0.2, 0) is 4.74 Å². The van der Waals surface area contributed by atoms with Gasteiger partial charge in [0, 0.05) is 42.5 Å². The number of benzene rings is 1. The van der Waals surface area contributed by atoms with E-state index in [0.717, 1.165) is 11.1 Å². The first-order chi connectivity index (χ1) is 9.41. The van der Waals surface area contributed by atoms with Crippen molar-refractivity contribution in [1.82, 2.24) is 0 Å². The summed E-state index contributed by atoms with van der Waals surface area (Å²) in [7, 11) is 4.17. The molecule has 0 spiro atoms. The van der Waals surface area contributed by atoms with Crippen LogP contribution in [0.15, 0.2) is 22.7 Å². The minimum absolute atomic E-state index is 0.201. The van der Waals surface area contributed by atoms with Crippen LogP contribution in [0, 0.1) is 11.3 Å². The van der Waals surface area contributed by atoms with Gasteiger partial charge in [-0.1, -0.05) is 29.8 Å². The molecular weight excluding hydrogens is 316 g/mol. The number of halogens is 1. The molecule has 0 bridgehead atoms. The van der Waals surface area contributed by atoms with Gasteiger partial charge >= 0.3 is 0 Å². The van der Waals surface area contributed by atoms with Gasteiger partial charge in [0.05, 0.1) is 17.5 Å². The first-order valence-electron chi connectivity index (χ1n) is 7.26. The Balaban J connectivity index is 1.86. The molecule has 2 fully saturated rings. The van der Waals surface area contributed by atoms with E-state index < -0.39 is 0 Å². The summed E-state index contributed by atoms with van der Waals surface area (Å²) in [5.41, 5.74) is 2.63. The minimum Gasteiger partial charge on any atom is -0.380 e. The summed E-state index contributed by atoms with van der Waals surface area (Å²) in [5.74, 6) is 0.652. The van der Waals surface area contributed by atoms with Crippen LogP contribution < -0.4 is 10.2 Å². The number of hydrogen-bond acceptors (Lipinski definition) is 3. The molecule has 1 heterocycles. The molecule has 1 aliphatic heterocycles. The van der Waals surface area contributed by atoms with Crippen molar-refractivity contribution in [3.05, 3.63) is 22.7 Å². The maximum absolute atomic E-state index is 5.88. The molecule has 1 saturated heterocycles. The lowest BCUT2D eigenvalue weighted by atomic mass is 9.57. The Hall–Kier alpha value is -0.740. The molecule has 3 rings (SSSR count). The maximum Gasteiger partial charge on any atom is 0.0694 e. The lowest BCUT2D eigenvalue weighted by molar-refractivity contribution is -0.0922. The van der Waals surface area contributed by atoms with Crippen molar-refractivity contribution in [1.29, 1.82) is 0 Å². The number of hydrogen-bond donors (Lipinski definition) is 1. The number of ether oxygens (including phenoxy) is 1. The van der Waals surface area contributed by atoms with Gasteiger partial charge in [-0.25, -0.2) is 0 Å². The van der Waals surface area contributed by atoms with E-state index in [0.29, 0.717) is 18.1 Å². The molecule has 1 aliphatic carbocycles. The van der Waals surface area contributed by atoms with Gasteiger partial charge in [0.2, 0.25) is 0 Å². The Labute approximate surface area is 129 Å². The van der Waals surface area contributed by atoms with Crippen LogP contribution in [0.5, 0.6) is 0 Å². The van der Waals surface area contributed by atoms with Crippen molar-refractivity contribution in [3.63, 3.8) is 0 Å². The van der Waals surface area contributed by atoms with Crippen LogP contribution in [0.2, 0.25) is 0 Å². The van der Waals surface area contributed by atoms with Crippen molar-refractivity contribution < 1.29 is 4.74 Å². The first-order valence-corrected chi connectivity index (χ1v) is 8.05. The predicted octanol–water partition coefficient (Wildman–Crippen LogP) is 3.74. The van der Waals surface area contributed by atoms with E-state index in [1.807, 2.05) is 0 Å². The molecule has 3 atom stereocenters. The zero-order valence-electron chi connectivity index (χ0n) is 12.6. The standard InChI is InChI=1S/C16H23BrN2O/c1-16(2)14(11-7-8-20-15(11)16)18-12-9-10(17)5-6-13(12)19(3)4/h5-6,9,11,14-15,18H,7-8H2,1-4H3. The van der Waals surface area contributed by atoms with E-state index >= 15 is 0 Å². The Bertz CT molecular complexity index is 515. The molecule has 1 N–H and O–H groups in total. The summed E-state index contributed by atoms with van der Waals surface area (Å²) in [6.07, 6.45) is 1.60. The summed E-state index contributed by atoms with van der Waals surface area (Å²) in [6, 6.07) is 6.91. The van der Waals surface area contributed by atoms with Crippen molar-refractivity contribution in [2.24, 2.45) is 11.3 Å². The predicted molar refractivity (Wildman–Crippen MR) is 87.5 cm³/mol. The lowest BCUT2D eigenvalue weighted by Crippen LogP contribution is -2.63. The van der Waals surface area contributed by atoms with Gasteiger partial charge < -0.3 is 15.0 Å². The summed E-state index contributed by atoms with van der Waals surface area (Å²) in [5, 5.41) is 3.78. The number of rotatable bonds is 3. The van der Waals surface area contributed by atoms with Crippen LogP contribution in [-0.4, -0.2) is 32.8 Å². The zero-order valence-corrected chi connectivity index (χ0v) is 14.2. The molecule has 1 aromatic rings. The Morgan fingerprint density at radius 1 is 1.35 bits per heavy atom. The van der Waals surface area contributed by atoms with E-state index in [1.54, 1.807) is 0 Å². The number of nitrogens with one attached hydrogen (secondary N) is 1. The second kappa shape index (κ2) is 4.92. The quantitative estimate of drug-likeness (QED) is 0.908. The van der Waals surface area contributed by atoms with Gasteiger partial charge in [0.15, 0.2) is 0 Å². The molecule has 3 nitrogen and oxygen atoms in total. The van der Waals surface area contributed by atoms with Crippen LogP contribution in [0.4, 0.5) is 11.4 Å². The van der Waals surface area contributed by atoms with Crippen molar-refractivity contribution in [2.45, 2.75) is 32.4 Å². The number of nitrogens with zero attached hydrogens (tertiary/aromatic N) is 1. The molecule has 1 aromatic carbocycles. The summed E-state index contributed by atoms with van der Waals surface area (Å²) >= 11 is 3.58. The molecule has 0 radical (unpaired) electrons. The van der Waals surface area contributed by atoms with Crippen molar-refractivity contribution >= 4 is 27.3 Å². The van der Waals surface area contributed by atoms with Crippen LogP contribution >= 0.6 is 15.9 Å². The van der Waals surface area contributed by atoms with Gasteiger partial charge in [-0.2, -0.15) is 0 Å². The van der Waals surface area contributed by atoms with Gasteiger partial charge in [-0.05, 0) is 24.6 Å². The van der Waals surface area contributed by atoms with Crippen molar-refractivity contribution in [3.8, 4) is 0 Å². The molecule has 1 saturated carbocycles. The third-order valence-electron chi connectivity index (χ3n) is 4.85. The van der Waals surface area contributed by atoms with Crippen LogP contribution in [0.25, 0.3) is 0 Å². The maximum atomic E-state index is 5.88. The molecule has 3 unspecified atom stereocenters. The molecule has 2 aliphatic rings. The van der Waals surface area contributed by atoms with Gasteiger partial charge in [-0.15, -0.1) is 0 Å². The molecule has 0 aromatic heterocycles. The van der Waals surface area contributed by atoms with Crippen LogP contribution in [0.1, 0.15) is 20.3 Å². The molecule has 20 heavy (non-hydrogen) atoms. The second-order valence-corrected chi connectivity index (χ2v) is 7.66. The first kappa shape index (κ1) is 14.2. The fourth-order valence-corrected chi connectivity index (χ4v) is 4.16. The SMILES string of the molecule is CN(C)c1ccc(Br)cc1NC1C2CCOC2C1(C)C. The fraction of sp³-hybridized carbons (Fsp3) is 0.625. The highest BCUT2D eigenvalue weighted by molar-refractivity contribution is 9.10. The Morgan fingerprint density at radius 3 is 2.80 bits per heavy atom.